The van der Waals surface area contributed by atoms with Crippen LogP contribution in [0.5, 0.6) is 5.75 Å². The first kappa shape index (κ1) is 14.0. The van der Waals surface area contributed by atoms with Gasteiger partial charge in [-0.25, -0.2) is 0 Å². The summed E-state index contributed by atoms with van der Waals surface area (Å²) in [7, 11) is 0. The second-order valence-corrected chi connectivity index (χ2v) is 5.64. The monoisotopic (exact) mass is 287 g/mol. The van der Waals surface area contributed by atoms with Crippen molar-refractivity contribution in [3.8, 4) is 5.75 Å². The smallest absolute Gasteiger partial charge is 0.122 e. The van der Waals surface area contributed by atoms with Gasteiger partial charge in [-0.15, -0.1) is 0 Å². The molecule has 1 fully saturated rings. The van der Waals surface area contributed by atoms with Crippen LogP contribution in [0.4, 0.5) is 0 Å². The van der Waals surface area contributed by atoms with E-state index in [4.69, 9.17) is 27.9 Å². The zero-order chi connectivity index (χ0) is 13.0. The van der Waals surface area contributed by atoms with E-state index in [9.17, 15) is 0 Å². The highest BCUT2D eigenvalue weighted by Gasteiger charge is 2.18. The molecule has 1 aromatic rings. The van der Waals surface area contributed by atoms with Crippen molar-refractivity contribution in [3.05, 3.63) is 28.2 Å². The van der Waals surface area contributed by atoms with Gasteiger partial charge < -0.3 is 10.1 Å². The van der Waals surface area contributed by atoms with Crippen LogP contribution in [-0.4, -0.2) is 18.7 Å². The van der Waals surface area contributed by atoms with Crippen LogP contribution in [0.15, 0.2) is 18.2 Å². The SMILES string of the molecule is CCC1CCC(Oc2cc(Cl)cc(Cl)c2)CCN1. The molecule has 1 aliphatic heterocycles. The van der Waals surface area contributed by atoms with Gasteiger partial charge in [-0.2, -0.15) is 0 Å². The number of halogens is 2. The molecule has 0 radical (unpaired) electrons. The van der Waals surface area contributed by atoms with Gasteiger partial charge in [0.15, 0.2) is 0 Å². The van der Waals surface area contributed by atoms with E-state index in [2.05, 4.69) is 12.2 Å². The molecule has 0 bridgehead atoms. The third kappa shape index (κ3) is 4.04. The van der Waals surface area contributed by atoms with Crippen molar-refractivity contribution in [1.82, 2.24) is 5.32 Å². The largest absolute Gasteiger partial charge is 0.490 e. The number of benzene rings is 1. The van der Waals surface area contributed by atoms with Crippen molar-refractivity contribution in [2.24, 2.45) is 0 Å². The lowest BCUT2D eigenvalue weighted by Gasteiger charge is -2.17. The fraction of sp³-hybridized carbons (Fsp3) is 0.571. The Morgan fingerprint density at radius 1 is 1.17 bits per heavy atom. The molecule has 2 nitrogen and oxygen atoms in total. The van der Waals surface area contributed by atoms with Crippen molar-refractivity contribution in [3.63, 3.8) is 0 Å². The number of hydrogen-bond donors (Lipinski definition) is 1. The minimum atomic E-state index is 0.253. The van der Waals surface area contributed by atoms with Crippen LogP contribution in [0, 0.1) is 0 Å². The van der Waals surface area contributed by atoms with Crippen molar-refractivity contribution in [2.75, 3.05) is 6.54 Å². The molecule has 1 aliphatic rings. The first-order valence-electron chi connectivity index (χ1n) is 6.53. The molecule has 100 valence electrons. The van der Waals surface area contributed by atoms with E-state index in [1.807, 2.05) is 12.1 Å². The molecule has 1 heterocycles. The third-order valence-electron chi connectivity index (χ3n) is 3.37. The summed E-state index contributed by atoms with van der Waals surface area (Å²) in [6, 6.07) is 5.99. The van der Waals surface area contributed by atoms with Crippen LogP contribution in [0.1, 0.15) is 32.6 Å². The van der Waals surface area contributed by atoms with E-state index >= 15 is 0 Å². The van der Waals surface area contributed by atoms with Gasteiger partial charge in [0.25, 0.3) is 0 Å². The maximum atomic E-state index is 5.98. The molecule has 1 saturated heterocycles. The second-order valence-electron chi connectivity index (χ2n) is 4.77. The Hall–Kier alpha value is -0.440. The van der Waals surface area contributed by atoms with Gasteiger partial charge in [0, 0.05) is 16.1 Å². The summed E-state index contributed by atoms with van der Waals surface area (Å²) >= 11 is 11.9. The quantitative estimate of drug-likeness (QED) is 0.895. The van der Waals surface area contributed by atoms with E-state index in [-0.39, 0.29) is 6.10 Å². The van der Waals surface area contributed by atoms with Crippen molar-refractivity contribution < 1.29 is 4.74 Å². The lowest BCUT2D eigenvalue weighted by atomic mass is 10.1. The number of hydrogen-bond acceptors (Lipinski definition) is 2. The second kappa shape index (κ2) is 6.65. The van der Waals surface area contributed by atoms with Crippen LogP contribution in [0.3, 0.4) is 0 Å². The normalized spacial score (nSPS) is 24.6. The predicted molar refractivity (Wildman–Crippen MR) is 76.8 cm³/mol. The minimum absolute atomic E-state index is 0.253. The summed E-state index contributed by atoms with van der Waals surface area (Å²) < 4.78 is 5.98. The van der Waals surface area contributed by atoms with Crippen molar-refractivity contribution in [1.29, 1.82) is 0 Å². The fourth-order valence-corrected chi connectivity index (χ4v) is 2.84. The van der Waals surface area contributed by atoms with Gasteiger partial charge in [-0.1, -0.05) is 30.1 Å². The minimum Gasteiger partial charge on any atom is -0.490 e. The van der Waals surface area contributed by atoms with Crippen molar-refractivity contribution in [2.45, 2.75) is 44.8 Å². The first-order valence-corrected chi connectivity index (χ1v) is 7.29. The molecule has 0 aliphatic carbocycles. The summed E-state index contributed by atoms with van der Waals surface area (Å²) in [6.45, 7) is 3.23. The maximum absolute atomic E-state index is 5.98. The molecular formula is C14H19Cl2NO. The van der Waals surface area contributed by atoms with Gasteiger partial charge in [0.05, 0.1) is 6.10 Å². The van der Waals surface area contributed by atoms with Crippen molar-refractivity contribution >= 4 is 23.2 Å². The summed E-state index contributed by atoms with van der Waals surface area (Å²) in [5, 5.41) is 4.78. The third-order valence-corrected chi connectivity index (χ3v) is 3.80. The van der Waals surface area contributed by atoms with Gasteiger partial charge >= 0.3 is 0 Å². The Labute approximate surface area is 119 Å². The zero-order valence-electron chi connectivity index (χ0n) is 10.6. The molecule has 0 aromatic heterocycles. The van der Waals surface area contributed by atoms with E-state index in [0.717, 1.165) is 31.6 Å². The first-order chi connectivity index (χ1) is 8.67. The molecule has 2 atom stereocenters. The highest BCUT2D eigenvalue weighted by molar-refractivity contribution is 6.34. The summed E-state index contributed by atoms with van der Waals surface area (Å²) in [5.41, 5.74) is 0. The summed E-state index contributed by atoms with van der Waals surface area (Å²) in [5.74, 6) is 0.771. The lowest BCUT2D eigenvalue weighted by Crippen LogP contribution is -2.27. The maximum Gasteiger partial charge on any atom is 0.122 e. The lowest BCUT2D eigenvalue weighted by molar-refractivity contribution is 0.186. The summed E-state index contributed by atoms with van der Waals surface area (Å²) in [4.78, 5) is 0. The Morgan fingerprint density at radius 3 is 2.56 bits per heavy atom. The average Bonchev–Trinajstić information content (AvgIpc) is 2.53. The topological polar surface area (TPSA) is 21.3 Å². The molecule has 0 saturated carbocycles. The van der Waals surface area contributed by atoms with E-state index < -0.39 is 0 Å². The molecule has 2 rings (SSSR count). The average molecular weight is 288 g/mol. The molecule has 18 heavy (non-hydrogen) atoms. The van der Waals surface area contributed by atoms with Crippen LogP contribution in [0.2, 0.25) is 10.0 Å². The van der Waals surface area contributed by atoms with Crippen LogP contribution in [0.25, 0.3) is 0 Å². The fourth-order valence-electron chi connectivity index (χ4n) is 2.34. The Balaban J connectivity index is 1.96. The Morgan fingerprint density at radius 2 is 1.89 bits per heavy atom. The molecule has 1 aromatic carbocycles. The van der Waals surface area contributed by atoms with Gasteiger partial charge in [-0.3, -0.25) is 0 Å². The standard InChI is InChI=1S/C14H19Cl2NO/c1-2-12-3-4-13(5-6-17-12)18-14-8-10(15)7-11(16)9-14/h7-9,12-13,17H,2-6H2,1H3. The van der Waals surface area contributed by atoms with E-state index in [1.54, 1.807) is 6.07 Å². The highest BCUT2D eigenvalue weighted by Crippen LogP contribution is 2.26. The molecule has 4 heteroatoms. The molecule has 2 unspecified atom stereocenters. The van der Waals surface area contributed by atoms with Crippen LogP contribution >= 0.6 is 23.2 Å². The van der Waals surface area contributed by atoms with Crippen LogP contribution in [-0.2, 0) is 0 Å². The molecule has 1 N–H and O–H groups in total. The van der Waals surface area contributed by atoms with Crippen LogP contribution < -0.4 is 10.1 Å². The summed E-state index contributed by atoms with van der Waals surface area (Å²) in [6.07, 6.45) is 4.70. The van der Waals surface area contributed by atoms with Gasteiger partial charge in [0.2, 0.25) is 0 Å². The van der Waals surface area contributed by atoms with Gasteiger partial charge in [0.1, 0.15) is 5.75 Å². The molecule has 0 amide bonds. The zero-order valence-corrected chi connectivity index (χ0v) is 12.1. The number of rotatable bonds is 3. The highest BCUT2D eigenvalue weighted by atomic mass is 35.5. The molecule has 0 spiro atoms. The molecular weight excluding hydrogens is 269 g/mol. The van der Waals surface area contributed by atoms with Gasteiger partial charge in [-0.05, 0) is 50.4 Å². The van der Waals surface area contributed by atoms with E-state index in [1.165, 1.54) is 6.42 Å². The number of nitrogens with one attached hydrogen (secondary N) is 1. The predicted octanol–water partition coefficient (Wildman–Crippen LogP) is 4.29. The number of ether oxygens (including phenoxy) is 1. The Kier molecular flexibility index (Phi) is 5.16. The van der Waals surface area contributed by atoms with E-state index in [0.29, 0.717) is 16.1 Å². The Bertz CT molecular complexity index is 377.